The Kier molecular flexibility index (Phi) is 3.83. The van der Waals surface area contributed by atoms with Gasteiger partial charge in [0.25, 0.3) is 0 Å². The maximum Gasteiger partial charge on any atom is 0.120 e. The molecular weight excluding hydrogens is 304 g/mol. The first-order valence-corrected chi connectivity index (χ1v) is 7.91. The molecule has 2 aliphatic rings. The Hall–Kier alpha value is -0.580. The number of halogens is 1. The molecule has 0 radical (unpaired) electrons. The molecule has 3 unspecified atom stereocenters. The highest BCUT2D eigenvalue weighted by Crippen LogP contribution is 2.38. The SMILES string of the molecule is CCC(c1cc(Br)ccc1O)N1CC2CNCC2C1. The topological polar surface area (TPSA) is 35.5 Å². The highest BCUT2D eigenvalue weighted by atomic mass is 79.9. The van der Waals surface area contributed by atoms with Crippen molar-refractivity contribution in [3.05, 3.63) is 28.2 Å². The first-order valence-electron chi connectivity index (χ1n) is 7.12. The molecule has 2 heterocycles. The molecule has 2 N–H and O–H groups in total. The van der Waals surface area contributed by atoms with Gasteiger partial charge in [-0.3, -0.25) is 4.90 Å². The number of rotatable bonds is 3. The number of likely N-dealkylation sites (tertiary alicyclic amines) is 1. The molecule has 0 aliphatic carbocycles. The van der Waals surface area contributed by atoms with Crippen molar-refractivity contribution in [1.82, 2.24) is 10.2 Å². The highest BCUT2D eigenvalue weighted by molar-refractivity contribution is 9.10. The van der Waals surface area contributed by atoms with Crippen LogP contribution in [0.1, 0.15) is 24.9 Å². The number of aromatic hydroxyl groups is 1. The Morgan fingerprint density at radius 1 is 1.37 bits per heavy atom. The van der Waals surface area contributed by atoms with Crippen LogP contribution in [0.25, 0.3) is 0 Å². The monoisotopic (exact) mass is 324 g/mol. The lowest BCUT2D eigenvalue weighted by Gasteiger charge is -2.28. The predicted octanol–water partition coefficient (Wildman–Crippen LogP) is 2.76. The molecule has 0 spiro atoms. The number of hydrogen-bond donors (Lipinski definition) is 2. The summed E-state index contributed by atoms with van der Waals surface area (Å²) in [5.41, 5.74) is 1.06. The average molecular weight is 325 g/mol. The van der Waals surface area contributed by atoms with E-state index in [1.165, 1.54) is 0 Å². The molecule has 3 nitrogen and oxygen atoms in total. The van der Waals surface area contributed by atoms with E-state index in [-0.39, 0.29) is 0 Å². The van der Waals surface area contributed by atoms with Crippen molar-refractivity contribution in [1.29, 1.82) is 0 Å². The molecule has 3 rings (SSSR count). The van der Waals surface area contributed by atoms with Gasteiger partial charge in [-0.25, -0.2) is 0 Å². The van der Waals surface area contributed by atoms with E-state index < -0.39 is 0 Å². The van der Waals surface area contributed by atoms with Crippen LogP contribution in [-0.4, -0.2) is 36.2 Å². The van der Waals surface area contributed by atoms with Crippen LogP contribution in [0.4, 0.5) is 0 Å². The summed E-state index contributed by atoms with van der Waals surface area (Å²) >= 11 is 3.51. The lowest BCUT2D eigenvalue weighted by molar-refractivity contribution is 0.218. The van der Waals surface area contributed by atoms with Gasteiger partial charge in [0.2, 0.25) is 0 Å². The van der Waals surface area contributed by atoms with E-state index in [4.69, 9.17) is 0 Å². The number of phenols is 1. The summed E-state index contributed by atoms with van der Waals surface area (Å²) in [4.78, 5) is 2.55. The quantitative estimate of drug-likeness (QED) is 0.897. The van der Waals surface area contributed by atoms with Crippen LogP contribution in [0.15, 0.2) is 22.7 Å². The number of nitrogens with one attached hydrogen (secondary N) is 1. The third-order valence-corrected chi connectivity index (χ3v) is 5.09. The van der Waals surface area contributed by atoms with Gasteiger partial charge < -0.3 is 10.4 Å². The second kappa shape index (κ2) is 5.43. The number of benzene rings is 1. The first-order chi connectivity index (χ1) is 9.19. The van der Waals surface area contributed by atoms with Crippen LogP contribution in [0, 0.1) is 11.8 Å². The van der Waals surface area contributed by atoms with E-state index in [0.29, 0.717) is 11.8 Å². The van der Waals surface area contributed by atoms with E-state index in [0.717, 1.165) is 54.5 Å². The van der Waals surface area contributed by atoms with Gasteiger partial charge in [0.15, 0.2) is 0 Å². The Balaban J connectivity index is 1.83. The number of phenolic OH excluding ortho intramolecular Hbond substituents is 1. The molecule has 2 fully saturated rings. The van der Waals surface area contributed by atoms with Gasteiger partial charge in [-0.15, -0.1) is 0 Å². The van der Waals surface area contributed by atoms with Crippen LogP contribution in [0.5, 0.6) is 5.75 Å². The van der Waals surface area contributed by atoms with Crippen LogP contribution >= 0.6 is 15.9 Å². The summed E-state index contributed by atoms with van der Waals surface area (Å²) in [6.07, 6.45) is 1.04. The molecule has 0 bridgehead atoms. The number of nitrogens with zero attached hydrogens (tertiary/aromatic N) is 1. The molecule has 104 valence electrons. The molecule has 19 heavy (non-hydrogen) atoms. The normalized spacial score (nSPS) is 28.5. The standard InChI is InChI=1S/C15H21BrN2O/c1-2-14(13-5-12(16)3-4-15(13)19)18-8-10-6-17-7-11(10)9-18/h3-5,10-11,14,17,19H,2,6-9H2,1H3. The van der Waals surface area contributed by atoms with Crippen molar-refractivity contribution in [2.75, 3.05) is 26.2 Å². The van der Waals surface area contributed by atoms with Gasteiger partial charge in [0, 0.05) is 29.2 Å². The maximum absolute atomic E-state index is 10.1. The van der Waals surface area contributed by atoms with Gasteiger partial charge in [0.1, 0.15) is 5.75 Å². The predicted molar refractivity (Wildman–Crippen MR) is 80.3 cm³/mol. The summed E-state index contributed by atoms with van der Waals surface area (Å²) in [6, 6.07) is 6.09. The second-order valence-electron chi connectivity index (χ2n) is 5.76. The fraction of sp³-hybridized carbons (Fsp3) is 0.600. The van der Waals surface area contributed by atoms with Gasteiger partial charge in [-0.05, 0) is 49.5 Å². The maximum atomic E-state index is 10.1. The third-order valence-electron chi connectivity index (χ3n) is 4.59. The second-order valence-corrected chi connectivity index (χ2v) is 6.68. The van der Waals surface area contributed by atoms with Crippen molar-refractivity contribution < 1.29 is 5.11 Å². The zero-order valence-corrected chi connectivity index (χ0v) is 12.9. The molecular formula is C15H21BrN2O. The third kappa shape index (κ3) is 2.54. The van der Waals surface area contributed by atoms with Gasteiger partial charge in [-0.2, -0.15) is 0 Å². The minimum absolute atomic E-state index is 0.336. The fourth-order valence-electron chi connectivity index (χ4n) is 3.61. The molecule has 0 aromatic heterocycles. The Bertz CT molecular complexity index is 453. The highest BCUT2D eigenvalue weighted by Gasteiger charge is 2.39. The Labute approximate surface area is 123 Å². The summed E-state index contributed by atoms with van der Waals surface area (Å²) in [6.45, 7) is 6.83. The number of fused-ring (bicyclic) bond motifs is 1. The zero-order valence-electron chi connectivity index (χ0n) is 11.3. The van der Waals surface area contributed by atoms with Gasteiger partial charge in [0.05, 0.1) is 0 Å². The number of hydrogen-bond acceptors (Lipinski definition) is 3. The van der Waals surface area contributed by atoms with Crippen molar-refractivity contribution in [2.45, 2.75) is 19.4 Å². The first kappa shape index (κ1) is 13.4. The summed E-state index contributed by atoms with van der Waals surface area (Å²) in [5.74, 6) is 2.01. The van der Waals surface area contributed by atoms with Crippen LogP contribution in [0.2, 0.25) is 0 Å². The summed E-state index contributed by atoms with van der Waals surface area (Å²) < 4.78 is 1.04. The fourth-order valence-corrected chi connectivity index (χ4v) is 3.99. The molecule has 2 aliphatic heterocycles. The minimum atomic E-state index is 0.336. The van der Waals surface area contributed by atoms with Crippen molar-refractivity contribution in [2.24, 2.45) is 11.8 Å². The Morgan fingerprint density at radius 3 is 2.68 bits per heavy atom. The minimum Gasteiger partial charge on any atom is -0.508 e. The Morgan fingerprint density at radius 2 is 2.05 bits per heavy atom. The average Bonchev–Trinajstić information content (AvgIpc) is 2.95. The van der Waals surface area contributed by atoms with Crippen LogP contribution < -0.4 is 5.32 Å². The van der Waals surface area contributed by atoms with Crippen LogP contribution in [0.3, 0.4) is 0 Å². The zero-order chi connectivity index (χ0) is 13.4. The molecule has 4 heteroatoms. The molecule has 0 amide bonds. The summed E-state index contributed by atoms with van der Waals surface area (Å²) in [7, 11) is 0. The van der Waals surface area contributed by atoms with E-state index in [1.807, 2.05) is 6.07 Å². The van der Waals surface area contributed by atoms with E-state index in [1.54, 1.807) is 6.07 Å². The smallest absolute Gasteiger partial charge is 0.120 e. The molecule has 3 atom stereocenters. The molecule has 2 saturated heterocycles. The molecule has 1 aromatic carbocycles. The lowest BCUT2D eigenvalue weighted by Crippen LogP contribution is -2.29. The van der Waals surface area contributed by atoms with Crippen molar-refractivity contribution in [3.8, 4) is 5.75 Å². The van der Waals surface area contributed by atoms with Gasteiger partial charge >= 0.3 is 0 Å². The molecule has 1 aromatic rings. The molecule has 0 saturated carbocycles. The summed E-state index contributed by atoms with van der Waals surface area (Å²) in [5, 5.41) is 13.6. The van der Waals surface area contributed by atoms with Crippen molar-refractivity contribution >= 4 is 15.9 Å². The largest absolute Gasteiger partial charge is 0.508 e. The van der Waals surface area contributed by atoms with Crippen LogP contribution in [-0.2, 0) is 0 Å². The van der Waals surface area contributed by atoms with Crippen molar-refractivity contribution in [3.63, 3.8) is 0 Å². The van der Waals surface area contributed by atoms with E-state index >= 15 is 0 Å². The van der Waals surface area contributed by atoms with Gasteiger partial charge in [-0.1, -0.05) is 22.9 Å². The lowest BCUT2D eigenvalue weighted by atomic mass is 10.0. The van der Waals surface area contributed by atoms with E-state index in [2.05, 4.69) is 39.1 Å². The van der Waals surface area contributed by atoms with E-state index in [9.17, 15) is 5.11 Å².